The molecule has 0 aromatic heterocycles. The second-order valence-corrected chi connectivity index (χ2v) is 8.79. The molecule has 0 bridgehead atoms. The molecule has 1 aliphatic carbocycles. The van der Waals surface area contributed by atoms with Crippen LogP contribution in [0.25, 0.3) is 11.1 Å². The summed E-state index contributed by atoms with van der Waals surface area (Å²) in [7, 11) is 0. The molecule has 0 N–H and O–H groups in total. The number of halogens is 1. The smallest absolute Gasteiger partial charge is 0.131 e. The Kier molecular flexibility index (Phi) is 8.13. The van der Waals surface area contributed by atoms with Gasteiger partial charge in [0.05, 0.1) is 0 Å². The fraction of sp³-hybridized carbons (Fsp3) is 0.556. The normalized spacial score (nSPS) is 19.7. The van der Waals surface area contributed by atoms with E-state index in [9.17, 15) is 4.39 Å². The van der Waals surface area contributed by atoms with Crippen LogP contribution in [0.2, 0.25) is 0 Å². The third-order valence-electron chi connectivity index (χ3n) is 6.73. The number of rotatable bonds is 9. The van der Waals surface area contributed by atoms with Crippen LogP contribution in [-0.4, -0.2) is 0 Å². The zero-order valence-corrected chi connectivity index (χ0v) is 17.9. The van der Waals surface area contributed by atoms with E-state index in [4.69, 9.17) is 0 Å². The maximum absolute atomic E-state index is 14.7. The molecule has 1 aliphatic rings. The van der Waals surface area contributed by atoms with E-state index in [1.807, 2.05) is 18.2 Å². The largest absolute Gasteiger partial charge is 0.206 e. The highest BCUT2D eigenvalue weighted by Gasteiger charge is 2.20. The molecular weight excluding hydrogens is 343 g/mol. The van der Waals surface area contributed by atoms with Gasteiger partial charge in [0.15, 0.2) is 0 Å². The van der Waals surface area contributed by atoms with E-state index in [0.717, 1.165) is 41.4 Å². The van der Waals surface area contributed by atoms with Gasteiger partial charge in [0.25, 0.3) is 0 Å². The molecule has 0 nitrogen and oxygen atoms in total. The van der Waals surface area contributed by atoms with Crippen molar-refractivity contribution in [2.45, 2.75) is 84.5 Å². The van der Waals surface area contributed by atoms with E-state index in [1.165, 1.54) is 63.4 Å². The van der Waals surface area contributed by atoms with E-state index < -0.39 is 0 Å². The molecule has 1 fully saturated rings. The molecule has 1 heteroatoms. The number of aryl methyl sites for hydroxylation is 2. The van der Waals surface area contributed by atoms with Crippen LogP contribution in [0.4, 0.5) is 4.39 Å². The summed E-state index contributed by atoms with van der Waals surface area (Å²) in [6.45, 7) is 4.43. The van der Waals surface area contributed by atoms with E-state index in [1.54, 1.807) is 6.07 Å². The average Bonchev–Trinajstić information content (AvgIpc) is 2.73. The Morgan fingerprint density at radius 3 is 2.04 bits per heavy atom. The average molecular weight is 381 g/mol. The minimum atomic E-state index is -0.0821. The molecule has 0 radical (unpaired) electrons. The van der Waals surface area contributed by atoms with Crippen LogP contribution in [0, 0.1) is 17.7 Å². The van der Waals surface area contributed by atoms with Crippen LogP contribution in [0.15, 0.2) is 42.5 Å². The van der Waals surface area contributed by atoms with Crippen LogP contribution < -0.4 is 0 Å². The predicted octanol–water partition coefficient (Wildman–Crippen LogP) is 8.37. The van der Waals surface area contributed by atoms with Gasteiger partial charge in [0.2, 0.25) is 0 Å². The summed E-state index contributed by atoms with van der Waals surface area (Å²) in [5.41, 5.74) is 4.14. The minimum absolute atomic E-state index is 0.0821. The predicted molar refractivity (Wildman–Crippen MR) is 119 cm³/mol. The molecule has 0 amide bonds. The zero-order chi connectivity index (χ0) is 19.8. The van der Waals surface area contributed by atoms with Crippen molar-refractivity contribution in [2.75, 3.05) is 0 Å². The van der Waals surface area contributed by atoms with E-state index in [2.05, 4.69) is 32.0 Å². The Labute approximate surface area is 171 Å². The Bertz CT molecular complexity index is 708. The number of unbranched alkanes of at least 4 members (excludes halogenated alkanes) is 2. The molecule has 152 valence electrons. The van der Waals surface area contributed by atoms with Crippen molar-refractivity contribution in [1.82, 2.24) is 0 Å². The van der Waals surface area contributed by atoms with Gasteiger partial charge in [0.1, 0.15) is 5.82 Å². The van der Waals surface area contributed by atoms with E-state index >= 15 is 0 Å². The molecule has 0 saturated heterocycles. The van der Waals surface area contributed by atoms with Gasteiger partial charge in [-0.1, -0.05) is 102 Å². The monoisotopic (exact) mass is 380 g/mol. The van der Waals surface area contributed by atoms with Crippen LogP contribution in [-0.2, 0) is 12.8 Å². The molecule has 0 spiro atoms. The molecule has 0 atom stereocenters. The van der Waals surface area contributed by atoms with Gasteiger partial charge in [0, 0.05) is 5.56 Å². The Morgan fingerprint density at radius 2 is 1.43 bits per heavy atom. The maximum Gasteiger partial charge on any atom is 0.131 e. The molecule has 1 saturated carbocycles. The summed E-state index contributed by atoms with van der Waals surface area (Å²) in [6, 6.07) is 14.1. The summed E-state index contributed by atoms with van der Waals surface area (Å²) >= 11 is 0. The lowest BCUT2D eigenvalue weighted by Crippen LogP contribution is -2.15. The molecule has 0 heterocycles. The molecular formula is C27H37F. The SMILES string of the molecule is CCCCCC1CCC(CCc2ccc(-c3ccc(CC)cc3)c(F)c2)CC1. The third kappa shape index (κ3) is 5.93. The Morgan fingerprint density at radius 1 is 0.786 bits per heavy atom. The summed E-state index contributed by atoms with van der Waals surface area (Å²) in [4.78, 5) is 0. The first-order chi connectivity index (χ1) is 13.7. The van der Waals surface area contributed by atoms with Crippen molar-refractivity contribution >= 4 is 0 Å². The lowest BCUT2D eigenvalue weighted by Gasteiger charge is -2.28. The van der Waals surface area contributed by atoms with Crippen LogP contribution >= 0.6 is 0 Å². The van der Waals surface area contributed by atoms with Crippen molar-refractivity contribution in [3.8, 4) is 11.1 Å². The summed E-state index contributed by atoms with van der Waals surface area (Å²) in [5, 5.41) is 0. The molecule has 0 aliphatic heterocycles. The van der Waals surface area contributed by atoms with Crippen LogP contribution in [0.5, 0.6) is 0 Å². The molecule has 3 rings (SSSR count). The number of hydrogen-bond donors (Lipinski definition) is 0. The van der Waals surface area contributed by atoms with E-state index in [-0.39, 0.29) is 5.82 Å². The number of benzene rings is 2. The second kappa shape index (κ2) is 10.8. The summed E-state index contributed by atoms with van der Waals surface area (Å²) in [5.74, 6) is 1.73. The lowest BCUT2D eigenvalue weighted by atomic mass is 9.78. The second-order valence-electron chi connectivity index (χ2n) is 8.79. The van der Waals surface area contributed by atoms with Gasteiger partial charge < -0.3 is 0 Å². The van der Waals surface area contributed by atoms with Gasteiger partial charge in [-0.15, -0.1) is 0 Å². The van der Waals surface area contributed by atoms with E-state index in [0.29, 0.717) is 0 Å². The fourth-order valence-corrected chi connectivity index (χ4v) is 4.73. The van der Waals surface area contributed by atoms with Gasteiger partial charge >= 0.3 is 0 Å². The molecule has 2 aromatic rings. The first-order valence-electron chi connectivity index (χ1n) is 11.6. The fourth-order valence-electron chi connectivity index (χ4n) is 4.73. The highest BCUT2D eigenvalue weighted by molar-refractivity contribution is 5.64. The summed E-state index contributed by atoms with van der Waals surface area (Å²) < 4.78 is 14.7. The first kappa shape index (κ1) is 21.1. The topological polar surface area (TPSA) is 0 Å². The third-order valence-corrected chi connectivity index (χ3v) is 6.73. The number of hydrogen-bond acceptors (Lipinski definition) is 0. The van der Waals surface area contributed by atoms with Gasteiger partial charge in [-0.25, -0.2) is 4.39 Å². The van der Waals surface area contributed by atoms with Crippen molar-refractivity contribution in [1.29, 1.82) is 0 Å². The Hall–Kier alpha value is -1.63. The lowest BCUT2D eigenvalue weighted by molar-refractivity contribution is 0.249. The van der Waals surface area contributed by atoms with Gasteiger partial charge in [-0.2, -0.15) is 0 Å². The highest BCUT2D eigenvalue weighted by atomic mass is 19.1. The van der Waals surface area contributed by atoms with Crippen molar-refractivity contribution < 1.29 is 4.39 Å². The zero-order valence-electron chi connectivity index (χ0n) is 17.9. The van der Waals surface area contributed by atoms with Crippen molar-refractivity contribution in [2.24, 2.45) is 11.8 Å². The maximum atomic E-state index is 14.7. The van der Waals surface area contributed by atoms with Gasteiger partial charge in [-0.05, 0) is 53.9 Å². The Balaban J connectivity index is 1.48. The quantitative estimate of drug-likeness (QED) is 0.383. The summed E-state index contributed by atoms with van der Waals surface area (Å²) in [6.07, 6.45) is 14.4. The highest BCUT2D eigenvalue weighted by Crippen LogP contribution is 2.34. The van der Waals surface area contributed by atoms with Crippen LogP contribution in [0.1, 0.15) is 82.8 Å². The van der Waals surface area contributed by atoms with Crippen LogP contribution in [0.3, 0.4) is 0 Å². The van der Waals surface area contributed by atoms with Crippen molar-refractivity contribution in [3.05, 3.63) is 59.4 Å². The minimum Gasteiger partial charge on any atom is -0.206 e. The standard InChI is InChI=1S/C27H37F/c1-3-5-6-7-22-8-10-23(11-9-22)12-13-24-16-19-26(27(28)20-24)25-17-14-21(4-2)15-18-25/h14-20,22-23H,3-13H2,1-2H3. The first-order valence-corrected chi connectivity index (χ1v) is 11.6. The van der Waals surface area contributed by atoms with Gasteiger partial charge in [-0.3, -0.25) is 0 Å². The van der Waals surface area contributed by atoms with Crippen molar-refractivity contribution in [3.63, 3.8) is 0 Å². The molecule has 28 heavy (non-hydrogen) atoms. The molecule has 0 unspecified atom stereocenters. The molecule has 2 aromatic carbocycles.